The SMILES string of the molecule is CC(N)CO/N=C1/CC[C@@]2(C)C(C1)C[C@@H](C)[C@@H]1[C@@H]2CC[C@]2(C)C(=O)CC[C@@H]12. The van der Waals surface area contributed by atoms with Gasteiger partial charge in [-0.1, -0.05) is 25.9 Å². The van der Waals surface area contributed by atoms with E-state index in [9.17, 15) is 4.79 Å². The molecule has 0 aliphatic heterocycles. The molecule has 2 N–H and O–H groups in total. The molecule has 0 aromatic carbocycles. The lowest BCUT2D eigenvalue weighted by atomic mass is 9.43. The van der Waals surface area contributed by atoms with E-state index in [1.54, 1.807) is 0 Å². The summed E-state index contributed by atoms with van der Waals surface area (Å²) >= 11 is 0. The van der Waals surface area contributed by atoms with Gasteiger partial charge in [-0.25, -0.2) is 0 Å². The van der Waals surface area contributed by atoms with Gasteiger partial charge in [-0.3, -0.25) is 4.79 Å². The highest BCUT2D eigenvalue weighted by atomic mass is 16.6. The number of carbonyl (C=O) groups excluding carboxylic acids is 1. The second-order valence-corrected chi connectivity index (χ2v) is 10.8. The summed E-state index contributed by atoms with van der Waals surface area (Å²) in [6.45, 7) is 9.75. The van der Waals surface area contributed by atoms with Crippen molar-refractivity contribution in [3.05, 3.63) is 0 Å². The Morgan fingerprint density at radius 2 is 2.00 bits per heavy atom. The third-order valence-electron chi connectivity index (χ3n) is 9.10. The molecule has 0 heterocycles. The van der Waals surface area contributed by atoms with Crippen LogP contribution in [0, 0.1) is 40.4 Å². The van der Waals surface area contributed by atoms with Gasteiger partial charge in [-0.15, -0.1) is 0 Å². The van der Waals surface area contributed by atoms with Crippen LogP contribution in [0.1, 0.15) is 79.1 Å². The average molecular weight is 375 g/mol. The van der Waals surface area contributed by atoms with Crippen molar-refractivity contribution in [2.45, 2.75) is 85.1 Å². The molecule has 0 saturated heterocycles. The van der Waals surface area contributed by atoms with Crippen molar-refractivity contribution < 1.29 is 9.63 Å². The summed E-state index contributed by atoms with van der Waals surface area (Å²) in [5.74, 6) is 4.12. The zero-order valence-electron chi connectivity index (χ0n) is 17.7. The van der Waals surface area contributed by atoms with E-state index in [2.05, 4.69) is 25.9 Å². The van der Waals surface area contributed by atoms with E-state index in [1.807, 2.05) is 6.92 Å². The fraction of sp³-hybridized carbons (Fsp3) is 0.913. The van der Waals surface area contributed by atoms with Crippen molar-refractivity contribution in [1.29, 1.82) is 0 Å². The van der Waals surface area contributed by atoms with Gasteiger partial charge in [-0.2, -0.15) is 0 Å². The molecular formula is C23H38N2O2. The molecule has 0 amide bonds. The van der Waals surface area contributed by atoms with Crippen molar-refractivity contribution in [1.82, 2.24) is 0 Å². The molecule has 4 aliphatic carbocycles. The van der Waals surface area contributed by atoms with Gasteiger partial charge in [-0.05, 0) is 86.9 Å². The summed E-state index contributed by atoms with van der Waals surface area (Å²) in [5.41, 5.74) is 7.39. The van der Waals surface area contributed by atoms with Crippen molar-refractivity contribution in [2.75, 3.05) is 6.61 Å². The molecule has 2 unspecified atom stereocenters. The number of nitrogens with zero attached hydrogens (tertiary/aromatic N) is 1. The predicted octanol–water partition coefficient (Wildman–Crippen LogP) is 4.56. The number of rotatable bonds is 3. The van der Waals surface area contributed by atoms with Crippen LogP contribution in [0.3, 0.4) is 0 Å². The third kappa shape index (κ3) is 3.07. The van der Waals surface area contributed by atoms with Gasteiger partial charge in [0.2, 0.25) is 0 Å². The molecule has 4 aliphatic rings. The molecule has 4 nitrogen and oxygen atoms in total. The molecule has 4 saturated carbocycles. The number of hydrogen-bond acceptors (Lipinski definition) is 4. The van der Waals surface area contributed by atoms with Crippen molar-refractivity contribution in [2.24, 2.45) is 51.3 Å². The number of Topliss-reactive ketones (excluding diaryl/α,β-unsaturated/α-hetero) is 1. The minimum absolute atomic E-state index is 0.0212. The molecule has 152 valence electrons. The Morgan fingerprint density at radius 1 is 1.22 bits per heavy atom. The summed E-state index contributed by atoms with van der Waals surface area (Å²) in [6.07, 6.45) is 8.98. The summed E-state index contributed by atoms with van der Waals surface area (Å²) in [4.78, 5) is 18.1. The first-order valence-electron chi connectivity index (χ1n) is 11.2. The second kappa shape index (κ2) is 6.86. The fourth-order valence-corrected chi connectivity index (χ4v) is 7.54. The number of oxime groups is 1. The highest BCUT2D eigenvalue weighted by Crippen LogP contribution is 2.66. The zero-order chi connectivity index (χ0) is 19.4. The van der Waals surface area contributed by atoms with E-state index in [1.165, 1.54) is 25.0 Å². The Balaban J connectivity index is 1.53. The van der Waals surface area contributed by atoms with Crippen molar-refractivity contribution in [3.8, 4) is 0 Å². The van der Waals surface area contributed by atoms with E-state index in [4.69, 9.17) is 10.6 Å². The van der Waals surface area contributed by atoms with Crippen LogP contribution >= 0.6 is 0 Å². The maximum Gasteiger partial charge on any atom is 0.139 e. The Kier molecular flexibility index (Phi) is 4.93. The molecule has 0 aromatic rings. The zero-order valence-corrected chi connectivity index (χ0v) is 17.7. The van der Waals surface area contributed by atoms with Crippen LogP contribution in [0.2, 0.25) is 0 Å². The van der Waals surface area contributed by atoms with Crippen LogP contribution in [0.15, 0.2) is 5.16 Å². The molecule has 0 bridgehead atoms. The van der Waals surface area contributed by atoms with Gasteiger partial charge in [0.1, 0.15) is 12.4 Å². The van der Waals surface area contributed by atoms with Crippen molar-refractivity contribution >= 4 is 11.5 Å². The molecule has 4 heteroatoms. The van der Waals surface area contributed by atoms with Crippen LogP contribution in [0.4, 0.5) is 0 Å². The minimum atomic E-state index is -0.0212. The van der Waals surface area contributed by atoms with Gasteiger partial charge < -0.3 is 10.6 Å². The van der Waals surface area contributed by atoms with Crippen LogP contribution in [0.25, 0.3) is 0 Å². The fourth-order valence-electron chi connectivity index (χ4n) is 7.54. The van der Waals surface area contributed by atoms with Gasteiger partial charge >= 0.3 is 0 Å². The van der Waals surface area contributed by atoms with Gasteiger partial charge in [0.15, 0.2) is 0 Å². The number of carbonyl (C=O) groups is 1. The van der Waals surface area contributed by atoms with Gasteiger partial charge in [0, 0.05) is 17.9 Å². The van der Waals surface area contributed by atoms with Crippen LogP contribution < -0.4 is 5.73 Å². The molecule has 27 heavy (non-hydrogen) atoms. The molecular weight excluding hydrogens is 336 g/mol. The van der Waals surface area contributed by atoms with E-state index in [0.717, 1.165) is 43.9 Å². The number of nitrogens with two attached hydrogens (primary N) is 1. The Bertz CT molecular complexity index is 630. The molecule has 0 spiro atoms. The molecule has 0 radical (unpaired) electrons. The largest absolute Gasteiger partial charge is 0.394 e. The maximum absolute atomic E-state index is 12.6. The molecule has 4 fully saturated rings. The lowest BCUT2D eigenvalue weighted by Gasteiger charge is -2.61. The van der Waals surface area contributed by atoms with Gasteiger partial charge in [0.25, 0.3) is 0 Å². The number of fused-ring (bicyclic) bond motifs is 5. The normalized spacial score (nSPS) is 49.3. The van der Waals surface area contributed by atoms with E-state index < -0.39 is 0 Å². The lowest BCUT2D eigenvalue weighted by molar-refractivity contribution is -0.143. The quantitative estimate of drug-likeness (QED) is 0.736. The van der Waals surface area contributed by atoms with Crippen LogP contribution in [-0.2, 0) is 9.63 Å². The highest BCUT2D eigenvalue weighted by Gasteiger charge is 2.61. The highest BCUT2D eigenvalue weighted by molar-refractivity contribution is 5.87. The Hall–Kier alpha value is -0.900. The monoisotopic (exact) mass is 374 g/mol. The average Bonchev–Trinajstić information content (AvgIpc) is 2.91. The topological polar surface area (TPSA) is 64.7 Å². The van der Waals surface area contributed by atoms with Crippen LogP contribution in [0.5, 0.6) is 0 Å². The van der Waals surface area contributed by atoms with Crippen LogP contribution in [-0.4, -0.2) is 24.1 Å². The molecule has 8 atom stereocenters. The second-order valence-electron chi connectivity index (χ2n) is 10.8. The first kappa shape index (κ1) is 19.4. The molecule has 0 aromatic heterocycles. The number of ketones is 1. The van der Waals surface area contributed by atoms with E-state index in [-0.39, 0.29) is 11.5 Å². The summed E-state index contributed by atoms with van der Waals surface area (Å²) in [6, 6.07) is 0.0318. The minimum Gasteiger partial charge on any atom is -0.394 e. The Labute approximate surface area is 164 Å². The summed E-state index contributed by atoms with van der Waals surface area (Å²) < 4.78 is 0. The summed E-state index contributed by atoms with van der Waals surface area (Å²) in [7, 11) is 0. The first-order valence-corrected chi connectivity index (χ1v) is 11.2. The first-order chi connectivity index (χ1) is 12.8. The smallest absolute Gasteiger partial charge is 0.139 e. The lowest BCUT2D eigenvalue weighted by Crippen LogP contribution is -2.56. The van der Waals surface area contributed by atoms with Gasteiger partial charge in [0.05, 0.1) is 5.71 Å². The van der Waals surface area contributed by atoms with E-state index >= 15 is 0 Å². The Morgan fingerprint density at radius 3 is 2.74 bits per heavy atom. The van der Waals surface area contributed by atoms with Crippen molar-refractivity contribution in [3.63, 3.8) is 0 Å². The van der Waals surface area contributed by atoms with E-state index in [0.29, 0.717) is 35.6 Å². The maximum atomic E-state index is 12.6. The third-order valence-corrected chi connectivity index (χ3v) is 9.10. The summed E-state index contributed by atoms with van der Waals surface area (Å²) in [5, 5.41) is 4.44. The predicted molar refractivity (Wildman–Crippen MR) is 108 cm³/mol. The molecule has 4 rings (SSSR count). The standard InChI is InChI=1S/C23H38N2O2/c1-14-11-16-12-17(25-27-13-15(2)24)7-9-22(16,3)19-8-10-23(4)18(21(14)19)5-6-20(23)26/h14-16,18-19,21H,5-13,24H2,1-4H3/b25-17-/t14-,15?,16?,18+,19+,21+,22+,23+/m1/s1. The number of hydrogen-bond donors (Lipinski definition) is 1.